The van der Waals surface area contributed by atoms with Crippen LogP contribution in [0.4, 0.5) is 22.7 Å². The molecule has 4 aromatic rings. The highest BCUT2D eigenvalue weighted by Crippen LogP contribution is 2.49. The molecule has 0 spiro atoms. The summed E-state index contributed by atoms with van der Waals surface area (Å²) in [5.74, 6) is 0.816. The van der Waals surface area contributed by atoms with Crippen LogP contribution >= 0.6 is 69.6 Å². The van der Waals surface area contributed by atoms with Gasteiger partial charge >= 0.3 is 0 Å². The number of benzene rings is 4. The van der Waals surface area contributed by atoms with Gasteiger partial charge in [0.1, 0.15) is 11.4 Å². The number of hydrogen-bond acceptors (Lipinski definition) is 8. The van der Waals surface area contributed by atoms with E-state index in [4.69, 9.17) is 83.8 Å². The van der Waals surface area contributed by atoms with Crippen LogP contribution < -0.4 is 30.0 Å². The van der Waals surface area contributed by atoms with E-state index in [9.17, 15) is 9.59 Å². The Morgan fingerprint density at radius 1 is 0.815 bits per heavy atom. The maximum Gasteiger partial charge on any atom is 0.280 e. The average molecular weight is 855 g/mol. The van der Waals surface area contributed by atoms with Gasteiger partial charge in [0.15, 0.2) is 17.3 Å². The van der Waals surface area contributed by atoms with E-state index in [1.165, 1.54) is 0 Å². The molecular formula is C37H34Cl6N6O5. The van der Waals surface area contributed by atoms with Crippen molar-refractivity contribution in [2.75, 3.05) is 30.1 Å². The summed E-state index contributed by atoms with van der Waals surface area (Å²) >= 11 is 38.5. The Balaban J connectivity index is 1.42. The first-order valence-electron chi connectivity index (χ1n) is 16.6. The number of aliphatic imine (C=N–C) groups is 1. The second-order valence-electron chi connectivity index (χ2n) is 11.8. The third kappa shape index (κ3) is 9.63. The van der Waals surface area contributed by atoms with Gasteiger partial charge in [-0.05, 0) is 76.1 Å². The second kappa shape index (κ2) is 18.6. The molecule has 17 heteroatoms. The molecule has 284 valence electrons. The van der Waals surface area contributed by atoms with Crippen LogP contribution in [0.25, 0.3) is 0 Å². The number of aryl methyl sites for hydroxylation is 2. The monoisotopic (exact) mass is 852 g/mol. The zero-order valence-electron chi connectivity index (χ0n) is 29.4. The van der Waals surface area contributed by atoms with E-state index >= 15 is 0 Å². The van der Waals surface area contributed by atoms with E-state index in [0.29, 0.717) is 49.1 Å². The normalized spacial score (nSPS) is 14.9. The molecule has 1 unspecified atom stereocenters. The molecule has 0 bridgehead atoms. The molecule has 2 amide bonds. The summed E-state index contributed by atoms with van der Waals surface area (Å²) in [6.45, 7) is 8.86. The minimum Gasteiger partial charge on any atom is -0.493 e. The molecule has 0 saturated carbocycles. The van der Waals surface area contributed by atoms with Crippen LogP contribution in [0.5, 0.6) is 17.2 Å². The molecule has 1 aliphatic rings. The number of amidine groups is 1. The highest BCUT2D eigenvalue weighted by molar-refractivity contribution is 6.57. The van der Waals surface area contributed by atoms with Crippen molar-refractivity contribution in [3.8, 4) is 17.2 Å². The summed E-state index contributed by atoms with van der Waals surface area (Å²) in [6.07, 6.45) is 0.690. The lowest BCUT2D eigenvalue weighted by Gasteiger charge is -2.21. The van der Waals surface area contributed by atoms with Gasteiger partial charge in [-0.2, -0.15) is 10.2 Å². The number of nitrogens with zero attached hydrogens (tertiary/aromatic N) is 4. The SMILES string of the molecule is CCOc1ccc(N=NC2C(=O)N(c3c(Cl)c(Cl)c(Cl)c(Cl)c3Cl)NC2=Nc2cc(NC(=O)CCCOc3ccc(C)cc3C)ccc2Cl)cc1OCC. The fourth-order valence-corrected chi connectivity index (χ4v) is 6.71. The Hall–Kier alpha value is -3.97. The van der Waals surface area contributed by atoms with E-state index in [-0.39, 0.29) is 59.7 Å². The molecule has 4 aromatic carbocycles. The number of azo groups is 1. The number of amides is 2. The first kappa shape index (κ1) is 41.2. The van der Waals surface area contributed by atoms with Crippen molar-refractivity contribution in [2.24, 2.45) is 15.2 Å². The highest BCUT2D eigenvalue weighted by Gasteiger charge is 2.42. The number of carbonyl (C=O) groups is 2. The van der Waals surface area contributed by atoms with E-state index < -0.39 is 11.9 Å². The minimum atomic E-state index is -1.36. The lowest BCUT2D eigenvalue weighted by molar-refractivity contribution is -0.118. The molecule has 2 N–H and O–H groups in total. The fourth-order valence-electron chi connectivity index (χ4n) is 5.25. The van der Waals surface area contributed by atoms with Crippen molar-refractivity contribution in [3.05, 3.63) is 95.9 Å². The summed E-state index contributed by atoms with van der Waals surface area (Å²) in [4.78, 5) is 31.5. The molecular weight excluding hydrogens is 821 g/mol. The molecule has 5 rings (SSSR count). The largest absolute Gasteiger partial charge is 0.493 e. The zero-order valence-corrected chi connectivity index (χ0v) is 33.9. The van der Waals surface area contributed by atoms with Gasteiger partial charge in [0.2, 0.25) is 11.9 Å². The zero-order chi connectivity index (χ0) is 39.1. The number of ether oxygens (including phenoxy) is 3. The number of anilines is 2. The predicted molar refractivity (Wildman–Crippen MR) is 217 cm³/mol. The standard InChI is InChI=1S/C37H34Cl6N6O5/c1-5-52-26-14-11-22(18-27(26)53-6-2)46-47-34-36(48-49(37(34)51)35-32(42)30(40)29(39)31(41)33(35)43)45-24-17-21(10-12-23(24)38)44-28(50)8-7-15-54-25-13-9-19(3)16-20(25)4/h9-14,16-18,34H,5-8,15H2,1-4H3,(H,44,50)(H,45,48). The summed E-state index contributed by atoms with van der Waals surface area (Å²) in [6, 6.07) is 14.3. The van der Waals surface area contributed by atoms with Crippen LogP contribution in [0.3, 0.4) is 0 Å². The summed E-state index contributed by atoms with van der Waals surface area (Å²) in [5, 5.41) is 12.1. The number of hydrazine groups is 1. The Kier molecular flexibility index (Phi) is 14.2. The predicted octanol–water partition coefficient (Wildman–Crippen LogP) is 11.6. The van der Waals surface area contributed by atoms with Crippen molar-refractivity contribution in [2.45, 2.75) is 46.6 Å². The summed E-state index contributed by atoms with van der Waals surface area (Å²) in [5.41, 5.74) is 5.96. The van der Waals surface area contributed by atoms with Crippen LogP contribution in [0.1, 0.15) is 37.8 Å². The Bertz CT molecular complexity index is 2100. The molecule has 54 heavy (non-hydrogen) atoms. The van der Waals surface area contributed by atoms with Crippen molar-refractivity contribution < 1.29 is 23.8 Å². The van der Waals surface area contributed by atoms with Gasteiger partial charge in [-0.25, -0.2) is 10.0 Å². The Labute approximate surface area is 342 Å². The van der Waals surface area contributed by atoms with Crippen molar-refractivity contribution in [3.63, 3.8) is 0 Å². The first-order chi connectivity index (χ1) is 25.8. The fraction of sp³-hybridized carbons (Fsp3) is 0.270. The molecule has 11 nitrogen and oxygen atoms in total. The summed E-state index contributed by atoms with van der Waals surface area (Å²) in [7, 11) is 0. The first-order valence-corrected chi connectivity index (χ1v) is 18.9. The smallest absolute Gasteiger partial charge is 0.280 e. The number of halogens is 6. The number of hydrogen-bond donors (Lipinski definition) is 2. The maximum atomic E-state index is 14.0. The van der Waals surface area contributed by atoms with E-state index in [1.54, 1.807) is 36.4 Å². The van der Waals surface area contributed by atoms with E-state index in [0.717, 1.165) is 21.9 Å². The molecule has 1 heterocycles. The van der Waals surface area contributed by atoms with Gasteiger partial charge in [-0.3, -0.25) is 15.0 Å². The highest BCUT2D eigenvalue weighted by atomic mass is 35.5. The number of nitrogens with one attached hydrogen (secondary N) is 2. The van der Waals surface area contributed by atoms with Crippen LogP contribution in [-0.2, 0) is 9.59 Å². The van der Waals surface area contributed by atoms with Gasteiger partial charge in [0, 0.05) is 18.2 Å². The Morgan fingerprint density at radius 2 is 1.48 bits per heavy atom. The molecule has 1 saturated heterocycles. The topological polar surface area (TPSA) is 126 Å². The van der Waals surface area contributed by atoms with Crippen molar-refractivity contribution >= 4 is 110 Å². The molecule has 1 aliphatic heterocycles. The molecule has 0 aromatic heterocycles. The van der Waals surface area contributed by atoms with Crippen LogP contribution in [0, 0.1) is 13.8 Å². The molecule has 0 aliphatic carbocycles. The van der Waals surface area contributed by atoms with Crippen molar-refractivity contribution in [1.29, 1.82) is 0 Å². The van der Waals surface area contributed by atoms with Crippen LogP contribution in [-0.4, -0.2) is 43.5 Å². The number of carbonyl (C=O) groups excluding carboxylic acids is 2. The van der Waals surface area contributed by atoms with Gasteiger partial charge in [0.25, 0.3) is 5.91 Å². The molecule has 1 fully saturated rings. The van der Waals surface area contributed by atoms with Gasteiger partial charge in [-0.1, -0.05) is 87.3 Å². The Morgan fingerprint density at radius 3 is 2.17 bits per heavy atom. The van der Waals surface area contributed by atoms with Crippen molar-refractivity contribution in [1.82, 2.24) is 5.43 Å². The molecule has 0 radical (unpaired) electrons. The third-order valence-electron chi connectivity index (χ3n) is 7.77. The maximum absolute atomic E-state index is 14.0. The molecule has 1 atom stereocenters. The van der Waals surface area contributed by atoms with Crippen LogP contribution in [0.2, 0.25) is 30.1 Å². The second-order valence-corrected chi connectivity index (χ2v) is 14.0. The quantitative estimate of drug-likeness (QED) is 0.0563. The average Bonchev–Trinajstić information content (AvgIpc) is 3.44. The third-order valence-corrected chi connectivity index (χ3v) is 10.3. The van der Waals surface area contributed by atoms with E-state index in [1.807, 2.05) is 45.9 Å². The summed E-state index contributed by atoms with van der Waals surface area (Å²) < 4.78 is 17.2. The van der Waals surface area contributed by atoms with Gasteiger partial charge in [0.05, 0.1) is 61.3 Å². The van der Waals surface area contributed by atoms with Gasteiger partial charge < -0.3 is 19.5 Å². The number of rotatable bonds is 14. The van der Waals surface area contributed by atoms with E-state index in [2.05, 4.69) is 26.0 Å². The van der Waals surface area contributed by atoms with Crippen LogP contribution in [0.15, 0.2) is 69.8 Å². The lowest BCUT2D eigenvalue weighted by Crippen LogP contribution is -2.36. The lowest BCUT2D eigenvalue weighted by atomic mass is 10.1. The minimum absolute atomic E-state index is 0.0111. The van der Waals surface area contributed by atoms with Gasteiger partial charge in [-0.15, -0.1) is 0 Å².